The van der Waals surface area contributed by atoms with Crippen LogP contribution in [0.3, 0.4) is 0 Å². The second kappa shape index (κ2) is 10.2. The number of hydrogen-bond acceptors (Lipinski definition) is 5. The van der Waals surface area contributed by atoms with Gasteiger partial charge in [0.15, 0.2) is 11.7 Å². The molecule has 5 rings (SSSR count). The van der Waals surface area contributed by atoms with Crippen LogP contribution in [0, 0.1) is 6.92 Å². The first kappa shape index (κ1) is 23.0. The van der Waals surface area contributed by atoms with Crippen molar-refractivity contribution < 1.29 is 9.53 Å². The van der Waals surface area contributed by atoms with Gasteiger partial charge in [0.1, 0.15) is 5.75 Å². The number of benzene rings is 2. The van der Waals surface area contributed by atoms with E-state index in [1.165, 1.54) is 10.4 Å². The van der Waals surface area contributed by atoms with E-state index in [0.29, 0.717) is 16.5 Å². The quantitative estimate of drug-likeness (QED) is 0.320. The molecule has 0 radical (unpaired) electrons. The minimum absolute atomic E-state index is 0.0305. The Morgan fingerprint density at radius 1 is 1.09 bits per heavy atom. The molecule has 176 valence electrons. The molecule has 1 aliphatic rings. The zero-order chi connectivity index (χ0) is 24.2. The highest BCUT2D eigenvalue weighted by Gasteiger charge is 2.41. The number of rotatable bonds is 7. The molecule has 1 amide bonds. The Kier molecular flexibility index (Phi) is 6.74. The molecule has 4 aromatic rings. The van der Waals surface area contributed by atoms with Crippen LogP contribution in [0.2, 0.25) is 0 Å². The van der Waals surface area contributed by atoms with Crippen molar-refractivity contribution in [2.45, 2.75) is 19.0 Å². The molecule has 8 heteroatoms. The second-order valence-corrected chi connectivity index (χ2v) is 9.50. The monoisotopic (exact) mass is 500 g/mol. The van der Waals surface area contributed by atoms with Crippen molar-refractivity contribution in [3.63, 3.8) is 0 Å². The van der Waals surface area contributed by atoms with Crippen molar-refractivity contribution in [3.05, 3.63) is 107 Å². The fraction of sp³-hybridized carbons (Fsp3) is 0.148. The van der Waals surface area contributed by atoms with Gasteiger partial charge in [0, 0.05) is 22.4 Å². The van der Waals surface area contributed by atoms with Gasteiger partial charge in [0.2, 0.25) is 0 Å². The van der Waals surface area contributed by atoms with Crippen molar-refractivity contribution in [2.24, 2.45) is 0 Å². The molecule has 3 heterocycles. The lowest BCUT2D eigenvalue weighted by Gasteiger charge is -2.27. The number of para-hydroxylation sites is 1. The first-order valence-electron chi connectivity index (χ1n) is 11.2. The molecule has 2 N–H and O–H groups in total. The average Bonchev–Trinajstić information content (AvgIpc) is 3.46. The Hall–Kier alpha value is -3.75. The molecule has 6 nitrogen and oxygen atoms in total. The minimum Gasteiger partial charge on any atom is -0.484 e. The van der Waals surface area contributed by atoms with Gasteiger partial charge in [0.25, 0.3) is 5.91 Å². The maximum Gasteiger partial charge on any atom is 0.262 e. The van der Waals surface area contributed by atoms with Crippen LogP contribution in [-0.2, 0) is 4.79 Å². The molecule has 0 aliphatic carbocycles. The number of aryl methyl sites for hydroxylation is 1. The Balaban J connectivity index is 1.35. The van der Waals surface area contributed by atoms with Crippen LogP contribution in [0.25, 0.3) is 0 Å². The van der Waals surface area contributed by atoms with Gasteiger partial charge in [0.05, 0.1) is 17.8 Å². The highest BCUT2D eigenvalue weighted by molar-refractivity contribution is 7.80. The number of thiocarbonyl (C=S) groups is 1. The van der Waals surface area contributed by atoms with Gasteiger partial charge in [-0.05, 0) is 84.7 Å². The number of thiophene rings is 1. The van der Waals surface area contributed by atoms with E-state index < -0.39 is 0 Å². The number of nitrogens with one attached hydrogen (secondary N) is 2. The summed E-state index contributed by atoms with van der Waals surface area (Å²) in [6.45, 7) is 2.06. The van der Waals surface area contributed by atoms with Gasteiger partial charge >= 0.3 is 0 Å². The van der Waals surface area contributed by atoms with Crippen LogP contribution in [0.15, 0.2) is 90.4 Å². The molecule has 1 saturated heterocycles. The molecule has 0 bridgehead atoms. The third-order valence-corrected chi connectivity index (χ3v) is 7.21. The summed E-state index contributed by atoms with van der Waals surface area (Å²) in [6, 6.07) is 24.9. The number of hydrogen-bond donors (Lipinski definition) is 2. The number of nitrogens with zero attached hydrogens (tertiary/aromatic N) is 2. The number of amides is 1. The molecule has 2 aromatic heterocycles. The molecule has 1 aliphatic heterocycles. The van der Waals surface area contributed by atoms with Crippen molar-refractivity contribution in [1.82, 2.24) is 10.3 Å². The fourth-order valence-corrected chi connectivity index (χ4v) is 5.55. The first-order chi connectivity index (χ1) is 17.1. The van der Waals surface area contributed by atoms with Crippen molar-refractivity contribution in [3.8, 4) is 5.75 Å². The van der Waals surface area contributed by atoms with Crippen LogP contribution >= 0.6 is 23.6 Å². The smallest absolute Gasteiger partial charge is 0.262 e. The molecule has 0 saturated carbocycles. The van der Waals surface area contributed by atoms with Gasteiger partial charge in [-0.25, -0.2) is 0 Å². The normalized spacial score (nSPS) is 17.2. The van der Waals surface area contributed by atoms with E-state index in [2.05, 4.69) is 38.9 Å². The Morgan fingerprint density at radius 2 is 1.86 bits per heavy atom. The third-order valence-electron chi connectivity index (χ3n) is 5.81. The van der Waals surface area contributed by atoms with E-state index in [9.17, 15) is 4.79 Å². The Bertz CT molecular complexity index is 1310. The van der Waals surface area contributed by atoms with Crippen molar-refractivity contribution in [2.75, 3.05) is 16.8 Å². The van der Waals surface area contributed by atoms with E-state index in [-0.39, 0.29) is 24.6 Å². The summed E-state index contributed by atoms with van der Waals surface area (Å²) in [5, 5.41) is 9.12. The van der Waals surface area contributed by atoms with Crippen LogP contribution in [0.4, 0.5) is 11.4 Å². The largest absolute Gasteiger partial charge is 0.484 e. The lowest BCUT2D eigenvalue weighted by atomic mass is 10.0. The Morgan fingerprint density at radius 3 is 2.54 bits per heavy atom. The molecule has 1 fully saturated rings. The number of ether oxygens (including phenoxy) is 1. The summed E-state index contributed by atoms with van der Waals surface area (Å²) in [5.74, 6) is 0.438. The average molecular weight is 501 g/mol. The van der Waals surface area contributed by atoms with Crippen LogP contribution in [-0.4, -0.2) is 22.6 Å². The number of carbonyl (C=O) groups is 1. The summed E-state index contributed by atoms with van der Waals surface area (Å²) in [7, 11) is 0. The lowest BCUT2D eigenvalue weighted by Crippen LogP contribution is -2.29. The standard InChI is InChI=1S/C27H24N4O2S2/c1-18-14-16-35-26(18)25-24(22-9-5-6-15-28-22)30-27(34)31(25)20-12-10-19(11-13-20)29-23(32)17-33-21-7-3-2-4-8-21/h2-16,24-25H,17H2,1H3,(H,29,32)(H,30,34)/t24-,25+/m0/s1. The van der Waals surface area contributed by atoms with E-state index in [4.69, 9.17) is 17.0 Å². The highest BCUT2D eigenvalue weighted by atomic mass is 32.1. The number of pyridine rings is 1. The van der Waals surface area contributed by atoms with E-state index >= 15 is 0 Å². The molecular formula is C27H24N4O2S2. The number of anilines is 2. The zero-order valence-electron chi connectivity index (χ0n) is 19.0. The lowest BCUT2D eigenvalue weighted by molar-refractivity contribution is -0.118. The van der Waals surface area contributed by atoms with Crippen LogP contribution in [0.1, 0.15) is 28.2 Å². The minimum atomic E-state index is -0.220. The fourth-order valence-electron chi connectivity index (χ4n) is 4.15. The Labute approximate surface area is 213 Å². The summed E-state index contributed by atoms with van der Waals surface area (Å²) in [5.41, 5.74) is 3.80. The van der Waals surface area contributed by atoms with Gasteiger partial charge in [-0.3, -0.25) is 9.78 Å². The third kappa shape index (κ3) is 5.03. The summed E-state index contributed by atoms with van der Waals surface area (Å²) >= 11 is 7.50. The maximum absolute atomic E-state index is 12.3. The van der Waals surface area contributed by atoms with Crippen LogP contribution in [0.5, 0.6) is 5.75 Å². The summed E-state index contributed by atoms with van der Waals surface area (Å²) < 4.78 is 5.53. The van der Waals surface area contributed by atoms with Gasteiger partial charge in [-0.2, -0.15) is 0 Å². The molecule has 2 atom stereocenters. The van der Waals surface area contributed by atoms with Gasteiger partial charge in [-0.15, -0.1) is 11.3 Å². The highest BCUT2D eigenvalue weighted by Crippen LogP contribution is 2.44. The number of aromatic nitrogens is 1. The zero-order valence-corrected chi connectivity index (χ0v) is 20.7. The topological polar surface area (TPSA) is 66.5 Å². The molecule has 35 heavy (non-hydrogen) atoms. The van der Waals surface area contributed by atoms with E-state index in [0.717, 1.165) is 11.4 Å². The maximum atomic E-state index is 12.3. The predicted octanol–water partition coefficient (Wildman–Crippen LogP) is 5.65. The van der Waals surface area contributed by atoms with Gasteiger partial charge in [-0.1, -0.05) is 24.3 Å². The summed E-state index contributed by atoms with van der Waals surface area (Å²) in [4.78, 5) is 20.3. The molecular weight excluding hydrogens is 476 g/mol. The van der Waals surface area contributed by atoms with E-state index in [1.54, 1.807) is 17.5 Å². The van der Waals surface area contributed by atoms with Crippen LogP contribution < -0.4 is 20.3 Å². The molecule has 0 unspecified atom stereocenters. The molecule has 2 aromatic carbocycles. The predicted molar refractivity (Wildman–Crippen MR) is 144 cm³/mol. The van der Waals surface area contributed by atoms with Crippen molar-refractivity contribution in [1.29, 1.82) is 0 Å². The number of carbonyl (C=O) groups excluding carboxylic acids is 1. The van der Waals surface area contributed by atoms with Gasteiger partial charge < -0.3 is 20.3 Å². The van der Waals surface area contributed by atoms with Crippen molar-refractivity contribution >= 4 is 45.9 Å². The van der Waals surface area contributed by atoms with E-state index in [1.807, 2.05) is 72.8 Å². The molecule has 0 spiro atoms. The SMILES string of the molecule is Cc1ccsc1[C@H]1[C@H](c2ccccn2)NC(=S)N1c1ccc(NC(=O)COc2ccccc2)cc1. The second-order valence-electron chi connectivity index (χ2n) is 8.16. The summed E-state index contributed by atoms with van der Waals surface area (Å²) in [6.07, 6.45) is 1.81. The first-order valence-corrected chi connectivity index (χ1v) is 12.5.